The van der Waals surface area contributed by atoms with Crippen molar-refractivity contribution in [3.05, 3.63) is 74.2 Å². The smallest absolute Gasteiger partial charge is 0.310 e. The highest BCUT2D eigenvalue weighted by Gasteiger charge is 2.30. The Labute approximate surface area is 204 Å². The summed E-state index contributed by atoms with van der Waals surface area (Å²) in [6, 6.07) is 12.3. The molecule has 172 valence electrons. The Morgan fingerprint density at radius 3 is 2.82 bits per heavy atom. The molecule has 1 aliphatic rings. The molecule has 1 aromatic heterocycles. The Kier molecular flexibility index (Phi) is 7.57. The van der Waals surface area contributed by atoms with Gasteiger partial charge in [-0.3, -0.25) is 19.0 Å². The van der Waals surface area contributed by atoms with E-state index in [1.165, 1.54) is 10.9 Å². The molecular weight excluding hydrogens is 510 g/mol. The third kappa shape index (κ3) is 5.88. The lowest BCUT2D eigenvalue weighted by molar-refractivity contribution is -0.151. The molecule has 1 N–H and O–H groups in total. The largest absolute Gasteiger partial charge is 0.460 e. The van der Waals surface area contributed by atoms with Crippen LogP contribution in [0.4, 0.5) is 0 Å². The molecule has 0 aliphatic carbocycles. The number of benzene rings is 2. The number of carbonyl (C=O) groups is 2. The number of Topliss-reactive ketones (excluding diaryl/α,β-unsaturated/α-hetero) is 1. The van der Waals surface area contributed by atoms with Crippen LogP contribution in [0.25, 0.3) is 10.9 Å². The molecule has 33 heavy (non-hydrogen) atoms. The van der Waals surface area contributed by atoms with E-state index in [1.807, 2.05) is 30.3 Å². The molecule has 0 spiro atoms. The van der Waals surface area contributed by atoms with E-state index >= 15 is 0 Å². The zero-order valence-corrected chi connectivity index (χ0v) is 20.1. The first kappa shape index (κ1) is 23.6. The van der Waals surface area contributed by atoms with Gasteiger partial charge in [-0.15, -0.1) is 0 Å². The molecule has 2 atom stereocenters. The van der Waals surface area contributed by atoms with Gasteiger partial charge in [0.2, 0.25) is 0 Å². The van der Waals surface area contributed by atoms with Crippen LogP contribution in [0.2, 0.25) is 5.02 Å². The number of carbonyl (C=O) groups excluding carboxylic acids is 2. The first-order valence-electron chi connectivity index (χ1n) is 10.7. The maximum Gasteiger partial charge on any atom is 0.310 e. The van der Waals surface area contributed by atoms with E-state index in [4.69, 9.17) is 16.3 Å². The molecule has 0 amide bonds. The average Bonchev–Trinajstić information content (AvgIpc) is 2.79. The second kappa shape index (κ2) is 10.6. The van der Waals surface area contributed by atoms with Gasteiger partial charge < -0.3 is 10.1 Å². The zero-order chi connectivity index (χ0) is 23.4. The van der Waals surface area contributed by atoms with Crippen molar-refractivity contribution in [2.75, 3.05) is 6.54 Å². The SMILES string of the molecule is O=C(CC1NCCCC1OC(=O)Cc1ccccc1)Cn1cnc2cc(Br)c(Cl)cc2c1=O. The van der Waals surface area contributed by atoms with E-state index < -0.39 is 0 Å². The summed E-state index contributed by atoms with van der Waals surface area (Å²) in [7, 11) is 0. The molecule has 1 aliphatic heterocycles. The first-order chi connectivity index (χ1) is 15.9. The van der Waals surface area contributed by atoms with E-state index in [-0.39, 0.29) is 48.8 Å². The number of halogens is 2. The lowest BCUT2D eigenvalue weighted by Gasteiger charge is -2.32. The second-order valence-corrected chi connectivity index (χ2v) is 9.36. The molecule has 1 fully saturated rings. The van der Waals surface area contributed by atoms with Gasteiger partial charge in [0.25, 0.3) is 5.56 Å². The Morgan fingerprint density at radius 1 is 1.24 bits per heavy atom. The molecule has 9 heteroatoms. The average molecular weight is 533 g/mol. The van der Waals surface area contributed by atoms with E-state index in [0.29, 0.717) is 26.8 Å². The highest BCUT2D eigenvalue weighted by molar-refractivity contribution is 9.10. The van der Waals surface area contributed by atoms with Crippen molar-refractivity contribution in [1.82, 2.24) is 14.9 Å². The van der Waals surface area contributed by atoms with Crippen molar-refractivity contribution >= 4 is 50.2 Å². The summed E-state index contributed by atoms with van der Waals surface area (Å²) >= 11 is 9.43. The van der Waals surface area contributed by atoms with Gasteiger partial charge in [0.1, 0.15) is 6.10 Å². The summed E-state index contributed by atoms with van der Waals surface area (Å²) in [6.07, 6.45) is 2.87. The van der Waals surface area contributed by atoms with Crippen LogP contribution < -0.4 is 10.9 Å². The van der Waals surface area contributed by atoms with Crippen molar-refractivity contribution in [3.63, 3.8) is 0 Å². The van der Waals surface area contributed by atoms with E-state index in [9.17, 15) is 14.4 Å². The molecule has 2 unspecified atom stereocenters. The molecule has 1 saturated heterocycles. The van der Waals surface area contributed by atoms with E-state index in [2.05, 4.69) is 26.2 Å². The Balaban J connectivity index is 1.41. The van der Waals surface area contributed by atoms with Crippen molar-refractivity contribution in [3.8, 4) is 0 Å². The fourth-order valence-corrected chi connectivity index (χ4v) is 4.50. The summed E-state index contributed by atoms with van der Waals surface area (Å²) in [4.78, 5) is 42.3. The number of hydrogen-bond donors (Lipinski definition) is 1. The number of nitrogens with one attached hydrogen (secondary N) is 1. The Hall–Kier alpha value is -2.55. The molecule has 4 rings (SSSR count). The molecule has 0 radical (unpaired) electrons. The first-order valence-corrected chi connectivity index (χ1v) is 11.9. The molecule has 2 heterocycles. The van der Waals surface area contributed by atoms with Crippen LogP contribution in [-0.4, -0.2) is 40.0 Å². The summed E-state index contributed by atoms with van der Waals surface area (Å²) in [6.45, 7) is 0.633. The fourth-order valence-electron chi connectivity index (χ4n) is 4.01. The number of ketones is 1. The number of hydrogen-bond acceptors (Lipinski definition) is 6. The van der Waals surface area contributed by atoms with Crippen molar-refractivity contribution in [2.24, 2.45) is 0 Å². The minimum absolute atomic E-state index is 0.113. The topological polar surface area (TPSA) is 90.3 Å². The second-order valence-electron chi connectivity index (χ2n) is 8.10. The lowest BCUT2D eigenvalue weighted by atomic mass is 9.96. The number of aromatic nitrogens is 2. The van der Waals surface area contributed by atoms with Crippen LogP contribution in [0.1, 0.15) is 24.8 Å². The van der Waals surface area contributed by atoms with Crippen LogP contribution >= 0.6 is 27.5 Å². The Bertz CT molecular complexity index is 1230. The Morgan fingerprint density at radius 2 is 2.03 bits per heavy atom. The number of esters is 1. The number of nitrogens with zero attached hydrogens (tertiary/aromatic N) is 2. The minimum Gasteiger partial charge on any atom is -0.460 e. The van der Waals surface area contributed by atoms with Gasteiger partial charge in [-0.05, 0) is 53.0 Å². The monoisotopic (exact) mass is 531 g/mol. The van der Waals surface area contributed by atoms with E-state index in [0.717, 1.165) is 18.5 Å². The standard InChI is InChI=1S/C24H23BrClN3O4/c25-18-12-20-17(11-19(18)26)24(32)29(14-28-20)13-16(30)10-21-22(7-4-8-27-21)33-23(31)9-15-5-2-1-3-6-15/h1-3,5-6,11-12,14,21-22,27H,4,7-10,13H2. The third-order valence-electron chi connectivity index (χ3n) is 5.66. The maximum atomic E-state index is 12.8. The number of ether oxygens (including phenoxy) is 1. The van der Waals surface area contributed by atoms with Gasteiger partial charge in [0, 0.05) is 10.9 Å². The van der Waals surface area contributed by atoms with E-state index in [1.54, 1.807) is 12.1 Å². The predicted molar refractivity (Wildman–Crippen MR) is 129 cm³/mol. The van der Waals surface area contributed by atoms with Crippen molar-refractivity contribution in [1.29, 1.82) is 0 Å². The minimum atomic E-state index is -0.387. The summed E-state index contributed by atoms with van der Waals surface area (Å²) in [5.41, 5.74) is 1.05. The normalized spacial score (nSPS) is 18.2. The molecule has 0 saturated carbocycles. The molecule has 3 aromatic rings. The highest BCUT2D eigenvalue weighted by Crippen LogP contribution is 2.25. The summed E-state index contributed by atoms with van der Waals surface area (Å²) in [5.74, 6) is -0.463. The fraction of sp³-hybridized carbons (Fsp3) is 0.333. The van der Waals surface area contributed by atoms with Gasteiger partial charge >= 0.3 is 5.97 Å². The van der Waals surface area contributed by atoms with Crippen LogP contribution in [0.5, 0.6) is 0 Å². The molecular formula is C24H23BrClN3O4. The van der Waals surface area contributed by atoms with Gasteiger partial charge in [0.15, 0.2) is 5.78 Å². The van der Waals surface area contributed by atoms with Gasteiger partial charge in [-0.2, -0.15) is 0 Å². The van der Waals surface area contributed by atoms with Gasteiger partial charge in [-0.25, -0.2) is 4.98 Å². The van der Waals surface area contributed by atoms with Crippen molar-refractivity contribution < 1.29 is 14.3 Å². The maximum absolute atomic E-state index is 12.8. The third-order valence-corrected chi connectivity index (χ3v) is 6.85. The van der Waals surface area contributed by atoms with Crippen LogP contribution in [0, 0.1) is 0 Å². The number of piperidine rings is 1. The highest BCUT2D eigenvalue weighted by atomic mass is 79.9. The van der Waals surface area contributed by atoms with Crippen molar-refractivity contribution in [2.45, 2.75) is 44.4 Å². The summed E-state index contributed by atoms with van der Waals surface area (Å²) in [5, 5.41) is 4.04. The quantitative estimate of drug-likeness (QED) is 0.467. The zero-order valence-electron chi connectivity index (χ0n) is 17.8. The summed E-state index contributed by atoms with van der Waals surface area (Å²) < 4.78 is 7.64. The molecule has 7 nitrogen and oxygen atoms in total. The molecule has 0 bridgehead atoms. The van der Waals surface area contributed by atoms with Gasteiger partial charge in [-0.1, -0.05) is 41.9 Å². The lowest BCUT2D eigenvalue weighted by Crippen LogP contribution is -2.48. The van der Waals surface area contributed by atoms with Gasteiger partial charge in [0.05, 0.1) is 41.3 Å². The van der Waals surface area contributed by atoms with Crippen LogP contribution in [0.15, 0.2) is 58.1 Å². The number of fused-ring (bicyclic) bond motifs is 1. The predicted octanol–water partition coefficient (Wildman–Crippen LogP) is 3.68. The van der Waals surface area contributed by atoms with Crippen LogP contribution in [-0.2, 0) is 27.3 Å². The molecule has 2 aromatic carbocycles. The number of rotatable bonds is 7. The van der Waals surface area contributed by atoms with Crippen LogP contribution in [0.3, 0.4) is 0 Å².